The highest BCUT2D eigenvalue weighted by molar-refractivity contribution is 5.83. The van der Waals surface area contributed by atoms with E-state index in [0.717, 1.165) is 11.0 Å². The maximum atomic E-state index is 9.75. The minimum atomic E-state index is -1.09. The number of carbonyl (C=O) groups excluding carboxylic acids is 1. The topological polar surface area (TPSA) is 60.4 Å². The molecule has 0 heterocycles. The third-order valence-corrected chi connectivity index (χ3v) is 1.53. The highest BCUT2D eigenvalue weighted by Crippen LogP contribution is 1.85. The molecule has 0 spiro atoms. The van der Waals surface area contributed by atoms with E-state index < -0.39 is 5.97 Å². The fourth-order valence-corrected chi connectivity index (χ4v) is 0.418. The first-order valence-corrected chi connectivity index (χ1v) is 4.50. The fourth-order valence-electron chi connectivity index (χ4n) is 0.418. The molecule has 0 aromatic rings. The number of likely N-dealkylation sites (N-methyl/N-ethyl adjacent to an activating group) is 1. The summed E-state index contributed by atoms with van der Waals surface area (Å²) in [5.74, 6) is -1.09. The molecule has 0 aromatic carbocycles. The van der Waals surface area contributed by atoms with E-state index in [9.17, 15) is 9.90 Å². The van der Waals surface area contributed by atoms with Crippen LogP contribution in [0.25, 0.3) is 0 Å². The highest BCUT2D eigenvalue weighted by Gasteiger charge is 2.02. The third kappa shape index (κ3) is 13.7. The molecule has 14 heavy (non-hydrogen) atoms. The third-order valence-electron chi connectivity index (χ3n) is 1.53. The zero-order chi connectivity index (χ0) is 11.8. The van der Waals surface area contributed by atoms with E-state index in [1.807, 2.05) is 0 Å². The predicted molar refractivity (Wildman–Crippen MR) is 54.4 cm³/mol. The molecule has 0 aliphatic carbocycles. The Morgan fingerprint density at radius 1 is 1.43 bits per heavy atom. The van der Waals surface area contributed by atoms with Gasteiger partial charge in [0.2, 0.25) is 0 Å². The average molecular weight is 203 g/mol. The van der Waals surface area contributed by atoms with Crippen LogP contribution < -0.4 is 5.11 Å². The quantitative estimate of drug-likeness (QED) is 0.491. The smallest absolute Gasteiger partial charge is 0.101 e. The number of carbonyl (C=O) groups is 1. The Bertz CT molecular complexity index is 192. The largest absolute Gasteiger partial charge is 0.545 e. The molecule has 4 nitrogen and oxygen atoms in total. The van der Waals surface area contributed by atoms with E-state index in [4.69, 9.17) is 5.11 Å². The van der Waals surface area contributed by atoms with Gasteiger partial charge in [-0.15, -0.1) is 0 Å². The lowest BCUT2D eigenvalue weighted by Gasteiger charge is -2.21. The molecule has 0 amide bonds. The summed E-state index contributed by atoms with van der Waals surface area (Å²) < 4.78 is 0.844. The van der Waals surface area contributed by atoms with Gasteiger partial charge in [0.25, 0.3) is 0 Å². The van der Waals surface area contributed by atoms with Gasteiger partial charge in [-0.1, -0.05) is 6.08 Å². The molecule has 0 unspecified atom stereocenters. The number of aliphatic hydroxyl groups excluding tert-OH is 1. The Balaban J connectivity index is 0. The molecule has 0 aliphatic rings. The lowest BCUT2D eigenvalue weighted by Crippen LogP contribution is -2.36. The van der Waals surface area contributed by atoms with Crippen molar-refractivity contribution in [3.63, 3.8) is 0 Å². The zero-order valence-electron chi connectivity index (χ0n) is 9.70. The molecule has 0 rings (SSSR count). The van der Waals surface area contributed by atoms with Crippen molar-refractivity contribution in [2.75, 3.05) is 34.3 Å². The van der Waals surface area contributed by atoms with Crippen molar-refractivity contribution in [2.24, 2.45) is 0 Å². The van der Waals surface area contributed by atoms with Gasteiger partial charge in [-0.25, -0.2) is 0 Å². The summed E-state index contributed by atoms with van der Waals surface area (Å²) in [4.78, 5) is 9.75. The van der Waals surface area contributed by atoms with Crippen molar-refractivity contribution in [2.45, 2.75) is 13.8 Å². The summed E-state index contributed by atoms with van der Waals surface area (Å²) in [7, 11) is 6.16. The molecule has 0 radical (unpaired) electrons. The predicted octanol–water partition coefficient (Wildman–Crippen LogP) is -0.613. The second kappa shape index (κ2) is 7.53. The molecular weight excluding hydrogens is 182 g/mol. The maximum Gasteiger partial charge on any atom is 0.101 e. The number of quaternary nitrogens is 1. The molecule has 0 atom stereocenters. The van der Waals surface area contributed by atoms with Crippen LogP contribution in [0.3, 0.4) is 0 Å². The number of nitrogens with zero attached hydrogens (tertiary/aromatic N) is 1. The molecule has 0 aliphatic heterocycles. The van der Waals surface area contributed by atoms with Gasteiger partial charge in [-0.05, 0) is 19.4 Å². The number of carboxylic acids is 1. The number of allylic oxidation sites excluding steroid dienone is 1. The molecule has 0 saturated carbocycles. The van der Waals surface area contributed by atoms with Crippen molar-refractivity contribution < 1.29 is 19.5 Å². The lowest BCUT2D eigenvalue weighted by molar-refractivity contribution is -0.870. The zero-order valence-corrected chi connectivity index (χ0v) is 9.70. The second-order valence-corrected chi connectivity index (χ2v) is 4.00. The first kappa shape index (κ1) is 15.6. The average Bonchev–Trinajstić information content (AvgIpc) is 2.01. The van der Waals surface area contributed by atoms with Crippen molar-refractivity contribution in [1.82, 2.24) is 0 Å². The van der Waals surface area contributed by atoms with E-state index in [2.05, 4.69) is 21.1 Å². The molecule has 84 valence electrons. The normalized spacial score (nSPS) is 11.7. The summed E-state index contributed by atoms with van der Waals surface area (Å²) in [6, 6.07) is 0. The molecule has 4 heteroatoms. The summed E-state index contributed by atoms with van der Waals surface area (Å²) in [5, 5.41) is 18.1. The van der Waals surface area contributed by atoms with Crippen molar-refractivity contribution in [1.29, 1.82) is 0 Å². The van der Waals surface area contributed by atoms with E-state index in [0.29, 0.717) is 0 Å². The maximum absolute atomic E-state index is 9.75. The van der Waals surface area contributed by atoms with Gasteiger partial charge < -0.3 is 19.5 Å². The first-order valence-electron chi connectivity index (χ1n) is 4.50. The SMILES string of the molecule is C/C=C(\C)C(=O)[O-].C[N+](C)(C)CCO. The van der Waals surface area contributed by atoms with E-state index in [1.54, 1.807) is 6.92 Å². The van der Waals surface area contributed by atoms with Crippen molar-refractivity contribution in [3.05, 3.63) is 11.6 Å². The highest BCUT2D eigenvalue weighted by atomic mass is 16.4. The molecule has 0 fully saturated rings. The first-order chi connectivity index (χ1) is 6.24. The van der Waals surface area contributed by atoms with Gasteiger partial charge in [0.15, 0.2) is 0 Å². The van der Waals surface area contributed by atoms with Crippen molar-refractivity contribution in [3.8, 4) is 0 Å². The number of rotatable bonds is 3. The van der Waals surface area contributed by atoms with Crippen LogP contribution in [0.5, 0.6) is 0 Å². The number of carboxylic acid groups (broad SMARTS) is 1. The van der Waals surface area contributed by atoms with Crippen LogP contribution in [0, 0.1) is 0 Å². The fraction of sp³-hybridized carbons (Fsp3) is 0.700. The Kier molecular flexibility index (Phi) is 8.38. The minimum absolute atomic E-state index is 0.278. The van der Waals surface area contributed by atoms with E-state index in [1.165, 1.54) is 13.0 Å². The number of aliphatic carboxylic acids is 1. The van der Waals surface area contributed by atoms with Crippen LogP contribution in [0.15, 0.2) is 11.6 Å². The Hall–Kier alpha value is -0.870. The van der Waals surface area contributed by atoms with Gasteiger partial charge in [-0.3, -0.25) is 0 Å². The van der Waals surface area contributed by atoms with E-state index in [-0.39, 0.29) is 12.2 Å². The van der Waals surface area contributed by atoms with Gasteiger partial charge in [0.05, 0.1) is 33.7 Å². The van der Waals surface area contributed by atoms with Gasteiger partial charge in [0.1, 0.15) is 6.54 Å². The van der Waals surface area contributed by atoms with Crippen LogP contribution in [0.2, 0.25) is 0 Å². The Morgan fingerprint density at radius 2 is 1.86 bits per heavy atom. The van der Waals surface area contributed by atoms with Crippen LogP contribution in [-0.2, 0) is 4.79 Å². The summed E-state index contributed by atoms with van der Waals surface area (Å²) in [6.45, 7) is 4.27. The molecule has 1 N–H and O–H groups in total. The van der Waals surface area contributed by atoms with E-state index >= 15 is 0 Å². The van der Waals surface area contributed by atoms with Crippen LogP contribution in [-0.4, -0.2) is 49.9 Å². The van der Waals surface area contributed by atoms with Gasteiger partial charge in [0, 0.05) is 0 Å². The monoisotopic (exact) mass is 203 g/mol. The molecular formula is C10H21NO3. The number of hydrogen-bond donors (Lipinski definition) is 1. The van der Waals surface area contributed by atoms with Crippen molar-refractivity contribution >= 4 is 5.97 Å². The number of aliphatic hydroxyl groups is 1. The standard InChI is InChI=1S/C5H14NO.C5H8O2/c1-6(2,3)4-5-7;1-3-4(2)5(6)7/h7H,4-5H2,1-3H3;3H,1-2H3,(H,6,7)/q+1;/p-1/b;4-3+. The second-order valence-electron chi connectivity index (χ2n) is 4.00. The minimum Gasteiger partial charge on any atom is -0.545 e. The van der Waals surface area contributed by atoms with Gasteiger partial charge >= 0.3 is 0 Å². The lowest BCUT2D eigenvalue weighted by atomic mass is 10.3. The Morgan fingerprint density at radius 3 is 1.86 bits per heavy atom. The van der Waals surface area contributed by atoms with Crippen LogP contribution in [0.4, 0.5) is 0 Å². The van der Waals surface area contributed by atoms with Gasteiger partial charge in [-0.2, -0.15) is 0 Å². The number of hydrogen-bond acceptors (Lipinski definition) is 3. The van der Waals surface area contributed by atoms with Crippen LogP contribution >= 0.6 is 0 Å². The Labute approximate surface area is 86.1 Å². The molecule has 0 saturated heterocycles. The molecule has 0 aromatic heterocycles. The summed E-state index contributed by atoms with van der Waals surface area (Å²) in [6.07, 6.45) is 1.50. The molecule has 0 bridgehead atoms. The summed E-state index contributed by atoms with van der Waals surface area (Å²) >= 11 is 0. The summed E-state index contributed by atoms with van der Waals surface area (Å²) in [5.41, 5.74) is 0.278. The van der Waals surface area contributed by atoms with Crippen LogP contribution in [0.1, 0.15) is 13.8 Å².